The highest BCUT2D eigenvalue weighted by Gasteiger charge is 2.14. The molecule has 3 aromatic rings. The van der Waals surface area contributed by atoms with Crippen molar-refractivity contribution in [3.63, 3.8) is 0 Å². The third kappa shape index (κ3) is 3.85. The number of methoxy groups -OCH3 is 1. The molecule has 0 aliphatic heterocycles. The molecule has 5 nitrogen and oxygen atoms in total. The Morgan fingerprint density at radius 3 is 2.68 bits per heavy atom. The van der Waals surface area contributed by atoms with E-state index in [1.54, 1.807) is 43.5 Å². The molecule has 0 radical (unpaired) electrons. The summed E-state index contributed by atoms with van der Waals surface area (Å²) in [5.74, 6) is 1.46. The Balaban J connectivity index is 1.91. The van der Waals surface area contributed by atoms with Gasteiger partial charge in [-0.25, -0.2) is 0 Å². The lowest BCUT2D eigenvalue weighted by Gasteiger charge is -2.11. The topological polar surface area (TPSA) is 71.7 Å². The second-order valence-electron chi connectivity index (χ2n) is 5.27. The number of nitrogens with one attached hydrogen (secondary N) is 1. The van der Waals surface area contributed by atoms with Crippen LogP contribution in [0.2, 0.25) is 0 Å². The van der Waals surface area contributed by atoms with Crippen LogP contribution in [-0.4, -0.2) is 18.1 Å². The van der Waals surface area contributed by atoms with Crippen LogP contribution in [0.3, 0.4) is 0 Å². The quantitative estimate of drug-likeness (QED) is 0.570. The van der Waals surface area contributed by atoms with E-state index < -0.39 is 0 Å². The van der Waals surface area contributed by atoms with Gasteiger partial charge in [0.1, 0.15) is 23.9 Å². The molecule has 0 spiro atoms. The second kappa shape index (κ2) is 7.71. The minimum atomic E-state index is -0.184. The van der Waals surface area contributed by atoms with Gasteiger partial charge < -0.3 is 19.6 Å². The number of benzene rings is 2. The number of carbonyl (C=O) groups excluding carboxylic acids is 1. The number of aliphatic hydroxyl groups is 1. The lowest BCUT2D eigenvalue weighted by molar-refractivity contribution is 0.102. The molecule has 2 N–H and O–H groups in total. The highest BCUT2D eigenvalue weighted by molar-refractivity contribution is 14.1. The first kappa shape index (κ1) is 17.5. The van der Waals surface area contributed by atoms with E-state index in [4.69, 9.17) is 14.3 Å². The number of ether oxygens (including phenoxy) is 1. The van der Waals surface area contributed by atoms with Crippen LogP contribution < -0.4 is 10.1 Å². The van der Waals surface area contributed by atoms with Gasteiger partial charge >= 0.3 is 0 Å². The molecule has 3 rings (SSSR count). The average molecular weight is 449 g/mol. The van der Waals surface area contributed by atoms with Crippen LogP contribution in [0.25, 0.3) is 11.3 Å². The van der Waals surface area contributed by atoms with Crippen molar-refractivity contribution in [3.05, 3.63) is 69.5 Å². The summed E-state index contributed by atoms with van der Waals surface area (Å²) in [5.41, 5.74) is 1.94. The molecule has 1 aromatic heterocycles. The summed E-state index contributed by atoms with van der Waals surface area (Å²) in [4.78, 5) is 12.5. The van der Waals surface area contributed by atoms with E-state index in [1.165, 1.54) is 0 Å². The summed E-state index contributed by atoms with van der Waals surface area (Å²) >= 11 is 2.13. The van der Waals surface area contributed by atoms with Gasteiger partial charge in [0.15, 0.2) is 0 Å². The Hall–Kier alpha value is -2.32. The number of anilines is 1. The number of halogens is 1. The van der Waals surface area contributed by atoms with Gasteiger partial charge in [-0.2, -0.15) is 0 Å². The van der Waals surface area contributed by atoms with Gasteiger partial charge in [-0.1, -0.05) is 12.1 Å². The Bertz CT molecular complexity index is 904. The van der Waals surface area contributed by atoms with Gasteiger partial charge in [0, 0.05) is 9.26 Å². The standard InChI is InChI=1S/C19H16INO4/c1-24-17-8-6-12(10-15(17)18-9-7-13(11-22)25-18)21-19(23)14-4-2-3-5-16(14)20/h2-10,22H,11H2,1H3,(H,21,23). The van der Waals surface area contributed by atoms with Crippen LogP contribution in [0.5, 0.6) is 5.75 Å². The van der Waals surface area contributed by atoms with E-state index >= 15 is 0 Å². The molecule has 2 aromatic carbocycles. The predicted octanol–water partition coefficient (Wildman–Crippen LogP) is 4.30. The average Bonchev–Trinajstić information content (AvgIpc) is 3.11. The van der Waals surface area contributed by atoms with Crippen LogP contribution in [0.4, 0.5) is 5.69 Å². The molecule has 25 heavy (non-hydrogen) atoms. The van der Waals surface area contributed by atoms with E-state index in [1.807, 2.05) is 18.2 Å². The van der Waals surface area contributed by atoms with Crippen LogP contribution in [-0.2, 0) is 6.61 Å². The maximum absolute atomic E-state index is 12.5. The van der Waals surface area contributed by atoms with Crippen LogP contribution in [0, 0.1) is 3.57 Å². The van der Waals surface area contributed by atoms with Crippen molar-refractivity contribution in [2.75, 3.05) is 12.4 Å². The Morgan fingerprint density at radius 2 is 2.00 bits per heavy atom. The van der Waals surface area contributed by atoms with E-state index in [0.29, 0.717) is 34.1 Å². The van der Waals surface area contributed by atoms with Crippen LogP contribution in [0.15, 0.2) is 59.0 Å². The number of furan rings is 1. The maximum atomic E-state index is 12.5. The molecular weight excluding hydrogens is 433 g/mol. The molecule has 0 fully saturated rings. The van der Waals surface area contributed by atoms with Crippen molar-refractivity contribution in [3.8, 4) is 17.1 Å². The predicted molar refractivity (Wildman–Crippen MR) is 104 cm³/mol. The molecule has 0 aliphatic rings. The number of amides is 1. The number of aliphatic hydroxyl groups excluding tert-OH is 1. The first-order valence-electron chi connectivity index (χ1n) is 7.56. The third-order valence-corrected chi connectivity index (χ3v) is 4.60. The summed E-state index contributed by atoms with van der Waals surface area (Å²) < 4.78 is 11.8. The molecule has 0 aliphatic carbocycles. The molecule has 0 bridgehead atoms. The zero-order valence-corrected chi connectivity index (χ0v) is 15.6. The largest absolute Gasteiger partial charge is 0.496 e. The van der Waals surface area contributed by atoms with Gasteiger partial charge in [0.25, 0.3) is 5.91 Å². The third-order valence-electron chi connectivity index (χ3n) is 3.66. The molecule has 0 unspecified atom stereocenters. The summed E-state index contributed by atoms with van der Waals surface area (Å²) in [6.45, 7) is -0.175. The number of carbonyl (C=O) groups is 1. The first-order valence-corrected chi connectivity index (χ1v) is 8.64. The molecular formula is C19H16INO4. The summed E-state index contributed by atoms with van der Waals surface area (Å²) in [7, 11) is 1.57. The van der Waals surface area contributed by atoms with Crippen LogP contribution in [0.1, 0.15) is 16.1 Å². The van der Waals surface area contributed by atoms with E-state index in [0.717, 1.165) is 3.57 Å². The van der Waals surface area contributed by atoms with E-state index in [2.05, 4.69) is 27.9 Å². The highest BCUT2D eigenvalue weighted by atomic mass is 127. The summed E-state index contributed by atoms with van der Waals surface area (Å²) in [5, 5.41) is 12.1. The minimum Gasteiger partial charge on any atom is -0.496 e. The number of hydrogen-bond donors (Lipinski definition) is 2. The van der Waals surface area contributed by atoms with Crippen molar-refractivity contribution in [1.29, 1.82) is 0 Å². The van der Waals surface area contributed by atoms with Crippen molar-refractivity contribution in [2.24, 2.45) is 0 Å². The molecule has 1 heterocycles. The van der Waals surface area contributed by atoms with Crippen molar-refractivity contribution in [2.45, 2.75) is 6.61 Å². The Labute approximate surface area is 158 Å². The lowest BCUT2D eigenvalue weighted by atomic mass is 10.1. The molecule has 0 saturated heterocycles. The molecule has 0 saturated carbocycles. The van der Waals surface area contributed by atoms with E-state index in [9.17, 15) is 4.79 Å². The zero-order valence-electron chi connectivity index (χ0n) is 13.5. The molecule has 128 valence electrons. The number of hydrogen-bond acceptors (Lipinski definition) is 4. The summed E-state index contributed by atoms with van der Waals surface area (Å²) in [6, 6.07) is 16.2. The fourth-order valence-electron chi connectivity index (χ4n) is 2.43. The van der Waals surface area contributed by atoms with Crippen molar-refractivity contribution >= 4 is 34.2 Å². The van der Waals surface area contributed by atoms with Gasteiger partial charge in [0.05, 0.1) is 18.2 Å². The smallest absolute Gasteiger partial charge is 0.256 e. The Morgan fingerprint density at radius 1 is 1.20 bits per heavy atom. The summed E-state index contributed by atoms with van der Waals surface area (Å²) in [6.07, 6.45) is 0. The highest BCUT2D eigenvalue weighted by Crippen LogP contribution is 2.34. The van der Waals surface area contributed by atoms with E-state index in [-0.39, 0.29) is 12.5 Å². The van der Waals surface area contributed by atoms with Gasteiger partial charge in [0.2, 0.25) is 0 Å². The van der Waals surface area contributed by atoms with Gasteiger partial charge in [-0.15, -0.1) is 0 Å². The van der Waals surface area contributed by atoms with Gasteiger partial charge in [-0.3, -0.25) is 4.79 Å². The number of rotatable bonds is 5. The monoisotopic (exact) mass is 449 g/mol. The van der Waals surface area contributed by atoms with Crippen LogP contribution >= 0.6 is 22.6 Å². The maximum Gasteiger partial charge on any atom is 0.256 e. The normalized spacial score (nSPS) is 10.5. The fraction of sp³-hybridized carbons (Fsp3) is 0.105. The van der Waals surface area contributed by atoms with Crippen molar-refractivity contribution < 1.29 is 19.1 Å². The fourth-order valence-corrected chi connectivity index (χ4v) is 3.06. The zero-order chi connectivity index (χ0) is 17.8. The van der Waals surface area contributed by atoms with Crippen molar-refractivity contribution in [1.82, 2.24) is 0 Å². The minimum absolute atomic E-state index is 0.175. The molecule has 0 atom stereocenters. The lowest BCUT2D eigenvalue weighted by Crippen LogP contribution is -2.13. The molecule has 6 heteroatoms. The first-order chi connectivity index (χ1) is 12.1. The SMILES string of the molecule is COc1ccc(NC(=O)c2ccccc2I)cc1-c1ccc(CO)o1. The van der Waals surface area contributed by atoms with Gasteiger partial charge in [-0.05, 0) is 65.1 Å². The Kier molecular flexibility index (Phi) is 5.40. The molecule has 1 amide bonds. The second-order valence-corrected chi connectivity index (χ2v) is 6.44.